The Labute approximate surface area is 433 Å². The first kappa shape index (κ1) is 67.8. The zero-order valence-electron chi connectivity index (χ0n) is 44.2. The van der Waals surface area contributed by atoms with E-state index in [1.54, 1.807) is 23.1 Å². The van der Waals surface area contributed by atoms with Crippen LogP contribution in [-0.2, 0) is 33.6 Å². The second kappa shape index (κ2) is 42.4. The number of methoxy groups -OCH3 is 8. The number of likely N-dealkylation sites (N-methyl/N-ethyl adjacent to an activating group) is 1. The van der Waals surface area contributed by atoms with E-state index >= 15 is 0 Å². The smallest absolute Gasteiger partial charge is 0.373 e. The number of ether oxygens (including phenoxy) is 12. The van der Waals surface area contributed by atoms with Crippen molar-refractivity contribution < 1.29 is 90.4 Å². The Morgan fingerprint density at radius 2 is 0.720 bits per heavy atom. The van der Waals surface area contributed by atoms with Crippen LogP contribution in [0.3, 0.4) is 0 Å². The molecule has 0 spiro atoms. The van der Waals surface area contributed by atoms with Gasteiger partial charge in [0.05, 0.1) is 101 Å². The molecular formula is C47H63N9O19. The van der Waals surface area contributed by atoms with Crippen LogP contribution < -0.4 is 56.8 Å². The molecule has 5 aromatic rings. The van der Waals surface area contributed by atoms with Gasteiger partial charge in [0.2, 0.25) is 53.1 Å². The van der Waals surface area contributed by atoms with Gasteiger partial charge in [-0.1, -0.05) is 44.2 Å². The molecule has 410 valence electrons. The van der Waals surface area contributed by atoms with Crippen molar-refractivity contribution in [2.45, 2.75) is 47.6 Å². The largest absolute Gasteiger partial charge is 0.481 e. The predicted octanol–water partition coefficient (Wildman–Crippen LogP) is 4.05. The lowest BCUT2D eigenvalue weighted by molar-refractivity contribution is -0.193. The highest BCUT2D eigenvalue weighted by Gasteiger charge is 2.28. The fraction of sp³-hybridized carbons (Fsp3) is 0.447. The van der Waals surface area contributed by atoms with Crippen molar-refractivity contribution in [2.24, 2.45) is 5.92 Å². The number of carbonyl (C=O) groups is 1. The average Bonchev–Trinajstić information content (AvgIpc) is 3.43. The summed E-state index contributed by atoms with van der Waals surface area (Å²) in [5.41, 5.74) is 0.727. The first-order valence-electron chi connectivity index (χ1n) is 21.9. The van der Waals surface area contributed by atoms with Crippen LogP contribution in [0.5, 0.6) is 71.1 Å². The molecule has 1 aromatic carbocycles. The molecule has 28 nitrogen and oxygen atoms in total. The molecule has 5 rings (SSSR count). The van der Waals surface area contributed by atoms with Crippen LogP contribution >= 0.6 is 0 Å². The Balaban J connectivity index is 0. The summed E-state index contributed by atoms with van der Waals surface area (Å²) in [5.74, 6) is 3.43. The first-order valence-corrected chi connectivity index (χ1v) is 21.9. The molecule has 75 heavy (non-hydrogen) atoms. The Bertz CT molecular complexity index is 2260. The maximum absolute atomic E-state index is 12.9. The van der Waals surface area contributed by atoms with E-state index in [0.717, 1.165) is 5.56 Å². The lowest BCUT2D eigenvalue weighted by Crippen LogP contribution is -2.37. The van der Waals surface area contributed by atoms with Gasteiger partial charge < -0.3 is 61.7 Å². The van der Waals surface area contributed by atoms with Gasteiger partial charge in [0.1, 0.15) is 0 Å². The maximum atomic E-state index is 12.9. The van der Waals surface area contributed by atoms with E-state index in [-0.39, 0.29) is 48.4 Å². The van der Waals surface area contributed by atoms with Gasteiger partial charge >= 0.3 is 42.5 Å². The van der Waals surface area contributed by atoms with E-state index in [1.807, 2.05) is 58.0 Å². The summed E-state index contributed by atoms with van der Waals surface area (Å²) in [6, 6.07) is 16.4. The van der Waals surface area contributed by atoms with Crippen LogP contribution in [0.2, 0.25) is 0 Å². The Hall–Kier alpha value is -9.25. The first-order chi connectivity index (χ1) is 36.1. The molecule has 4 heterocycles. The third-order valence-electron chi connectivity index (χ3n) is 8.03. The molecule has 0 aliphatic carbocycles. The zero-order chi connectivity index (χ0) is 57.0. The molecule has 0 saturated heterocycles. The van der Waals surface area contributed by atoms with Gasteiger partial charge in [-0.05, 0) is 33.6 Å². The number of hydrogen-bond donors (Lipinski definition) is 0. The van der Waals surface area contributed by atoms with E-state index in [0.29, 0.717) is 85.9 Å². The molecule has 4 aromatic heterocycles. The van der Waals surface area contributed by atoms with E-state index in [4.69, 9.17) is 85.6 Å². The summed E-state index contributed by atoms with van der Waals surface area (Å²) in [7, 11) is 12.1. The number of aromatic nitrogens is 8. The molecule has 28 heteroatoms. The van der Waals surface area contributed by atoms with Gasteiger partial charge in [-0.25, -0.2) is 0 Å². The molecule has 1 unspecified atom stereocenters. The Morgan fingerprint density at radius 3 is 0.960 bits per heavy atom. The molecule has 0 bridgehead atoms. The molecule has 0 saturated carbocycles. The number of benzene rings is 1. The number of carbonyl (C=O) groups excluding carboxylic acids is 7. The van der Waals surface area contributed by atoms with Crippen molar-refractivity contribution in [3.05, 3.63) is 60.2 Å². The Kier molecular flexibility index (Phi) is 38.4. The number of rotatable bonds is 21. The molecule has 0 aliphatic heterocycles. The van der Waals surface area contributed by atoms with Gasteiger partial charge in [-0.3, -0.25) is 4.79 Å². The highest BCUT2D eigenvalue weighted by Crippen LogP contribution is 2.26. The summed E-state index contributed by atoms with van der Waals surface area (Å²) in [6.45, 7) is 14.4. The van der Waals surface area contributed by atoms with Crippen molar-refractivity contribution in [1.82, 2.24) is 44.8 Å². The summed E-state index contributed by atoms with van der Waals surface area (Å²) < 4.78 is 61.4. The van der Waals surface area contributed by atoms with E-state index in [9.17, 15) is 4.79 Å². The quantitative estimate of drug-likeness (QED) is 0.100. The van der Waals surface area contributed by atoms with Crippen LogP contribution in [0.25, 0.3) is 0 Å². The summed E-state index contributed by atoms with van der Waals surface area (Å²) >= 11 is 0. The minimum atomic E-state index is -0.849. The topological polar surface area (TPSA) is 337 Å². The van der Waals surface area contributed by atoms with E-state index < -0.39 is 6.10 Å². The van der Waals surface area contributed by atoms with Crippen LogP contribution in [0.15, 0.2) is 54.6 Å². The molecule has 0 aliphatic rings. The SMILES string of the molecule is CCN(CC)C(=O)C(Oc1nc(OC)cc(OC)n1)c1ccccc1.CCOc1nc(OC)cc(OC)n1.CCOc1nc(OC)cc(OC)n1.COc1cc(OC)nc(OCC(C)C)n1.O=C=O.O=C=O.O=C=O. The van der Waals surface area contributed by atoms with Crippen molar-refractivity contribution in [3.63, 3.8) is 0 Å². The minimum Gasteiger partial charge on any atom is -0.481 e. The molecule has 0 fully saturated rings. The highest BCUT2D eigenvalue weighted by molar-refractivity contribution is 5.82. The van der Waals surface area contributed by atoms with Gasteiger partial charge in [0.15, 0.2) is 0 Å². The van der Waals surface area contributed by atoms with Crippen molar-refractivity contribution in [1.29, 1.82) is 0 Å². The van der Waals surface area contributed by atoms with Gasteiger partial charge in [-0.2, -0.15) is 68.6 Å². The molecular weight excluding hydrogens is 995 g/mol. The van der Waals surface area contributed by atoms with Crippen molar-refractivity contribution in [2.75, 3.05) is 89.8 Å². The van der Waals surface area contributed by atoms with E-state index in [1.165, 1.54) is 62.9 Å². The number of nitrogens with zero attached hydrogens (tertiary/aromatic N) is 9. The summed E-state index contributed by atoms with van der Waals surface area (Å²) in [4.78, 5) is 95.5. The fourth-order valence-electron chi connectivity index (χ4n) is 4.81. The van der Waals surface area contributed by atoms with Gasteiger partial charge in [0.25, 0.3) is 5.91 Å². The number of amides is 1. The monoisotopic (exact) mass is 1060 g/mol. The maximum Gasteiger partial charge on any atom is 0.373 e. The molecule has 0 N–H and O–H groups in total. The molecule has 1 atom stereocenters. The highest BCUT2D eigenvalue weighted by atomic mass is 16.5. The molecule has 0 radical (unpaired) electrons. The third-order valence-corrected chi connectivity index (χ3v) is 8.03. The van der Waals surface area contributed by atoms with E-state index in [2.05, 4.69) is 53.7 Å². The summed E-state index contributed by atoms with van der Waals surface area (Å²) in [6.07, 6.45) is -0.0992. The second-order valence-electron chi connectivity index (χ2n) is 13.2. The van der Waals surface area contributed by atoms with Gasteiger partial charge in [0, 0.05) is 18.7 Å². The van der Waals surface area contributed by atoms with Gasteiger partial charge in [-0.15, -0.1) is 0 Å². The van der Waals surface area contributed by atoms with Crippen LogP contribution in [-0.4, -0.2) is 159 Å². The predicted molar refractivity (Wildman–Crippen MR) is 256 cm³/mol. The zero-order valence-corrected chi connectivity index (χ0v) is 44.2. The lowest BCUT2D eigenvalue weighted by atomic mass is 10.1. The fourth-order valence-corrected chi connectivity index (χ4v) is 4.81. The standard InChI is InChI=1S/C18H23N3O4.C10H16N2O3.2C8H12N2O3.3CO2/c1-5-21(6-2)17(22)16(13-10-8-7-9-11-13)25-18-19-14(23-3)12-15(20-18)24-4;1-7(2)6-15-10-11-8(13-3)5-9(12-10)14-4;2*1-4-13-8-9-6(11-2)5-7(10-8)12-3;3*2-1-3/h7-12,16H,5-6H2,1-4H3;5,7H,6H2,1-4H3;2*5H,4H2,1-3H3;;;. The van der Waals surface area contributed by atoms with Crippen LogP contribution in [0, 0.1) is 5.92 Å². The second-order valence-corrected chi connectivity index (χ2v) is 13.2. The third kappa shape index (κ3) is 29.0. The van der Waals surface area contributed by atoms with Crippen molar-refractivity contribution >= 4 is 24.4 Å². The lowest BCUT2D eigenvalue weighted by Gasteiger charge is -2.25. The normalized spacial score (nSPS) is 9.48. The van der Waals surface area contributed by atoms with Crippen LogP contribution in [0.1, 0.15) is 53.2 Å². The number of hydrogen-bond acceptors (Lipinski definition) is 27. The molecule has 1 amide bonds. The Morgan fingerprint density at radius 1 is 0.453 bits per heavy atom. The van der Waals surface area contributed by atoms with Crippen LogP contribution in [0.4, 0.5) is 0 Å². The minimum absolute atomic E-state index is 0.0190. The average molecular weight is 1060 g/mol. The van der Waals surface area contributed by atoms with Crippen molar-refractivity contribution in [3.8, 4) is 71.1 Å². The summed E-state index contributed by atoms with van der Waals surface area (Å²) in [5, 5.41) is 0.